The maximum Gasteiger partial charge on any atom is 0.335 e. The van der Waals surface area contributed by atoms with Gasteiger partial charge < -0.3 is 4.74 Å². The monoisotopic (exact) mass is 428 g/mol. The number of rotatable bonds is 4. The van der Waals surface area contributed by atoms with Crippen molar-refractivity contribution < 1.29 is 19.1 Å². The van der Waals surface area contributed by atoms with Gasteiger partial charge in [0, 0.05) is 4.47 Å². The summed E-state index contributed by atoms with van der Waals surface area (Å²) in [6, 6.07) is 12.9. The van der Waals surface area contributed by atoms with Crippen molar-refractivity contribution in [3.8, 4) is 5.75 Å². The molecule has 1 aliphatic heterocycles. The Morgan fingerprint density at radius 2 is 1.63 bits per heavy atom. The molecule has 0 unspecified atom stereocenters. The molecule has 27 heavy (non-hydrogen) atoms. The van der Waals surface area contributed by atoms with E-state index in [0.717, 1.165) is 9.37 Å². The van der Waals surface area contributed by atoms with E-state index in [9.17, 15) is 14.4 Å². The van der Waals surface area contributed by atoms with Crippen molar-refractivity contribution in [1.82, 2.24) is 5.32 Å². The molecular weight excluding hydrogens is 412 g/mol. The number of carbonyl (C=O) groups is 3. The lowest BCUT2D eigenvalue weighted by Crippen LogP contribution is -2.54. The van der Waals surface area contributed by atoms with Gasteiger partial charge in [-0.1, -0.05) is 28.1 Å². The molecule has 7 heteroatoms. The number of benzene rings is 2. The quantitative estimate of drug-likeness (QED) is 0.591. The van der Waals surface area contributed by atoms with Crippen LogP contribution in [0.4, 0.5) is 10.5 Å². The topological polar surface area (TPSA) is 75.7 Å². The van der Waals surface area contributed by atoms with Crippen LogP contribution in [0.15, 0.2) is 58.6 Å². The zero-order valence-electron chi connectivity index (χ0n) is 14.7. The fraction of sp³-hybridized carbons (Fsp3) is 0.150. The number of barbiturate groups is 1. The van der Waals surface area contributed by atoms with Gasteiger partial charge in [0.05, 0.1) is 11.8 Å². The van der Waals surface area contributed by atoms with Crippen LogP contribution in [0.2, 0.25) is 0 Å². The second-order valence-corrected chi connectivity index (χ2v) is 7.09. The molecule has 1 heterocycles. The van der Waals surface area contributed by atoms with Crippen molar-refractivity contribution in [2.45, 2.75) is 20.0 Å². The van der Waals surface area contributed by atoms with Gasteiger partial charge in [-0.15, -0.1) is 0 Å². The van der Waals surface area contributed by atoms with Crippen molar-refractivity contribution in [1.29, 1.82) is 0 Å². The Hall–Kier alpha value is -2.93. The number of hydrogen-bond donors (Lipinski definition) is 1. The molecule has 1 saturated heterocycles. The number of halogens is 1. The zero-order valence-corrected chi connectivity index (χ0v) is 16.3. The van der Waals surface area contributed by atoms with Gasteiger partial charge in [-0.3, -0.25) is 14.9 Å². The summed E-state index contributed by atoms with van der Waals surface area (Å²) in [7, 11) is 0. The number of hydrogen-bond acceptors (Lipinski definition) is 4. The van der Waals surface area contributed by atoms with E-state index in [1.165, 1.54) is 6.08 Å². The standard InChI is InChI=1S/C20H17BrN2O4/c1-12(2)27-16-9-3-13(4-10-16)11-17-18(24)22-20(26)23(19(17)25)15-7-5-14(21)6-8-15/h3-12H,1-2H3,(H,22,24,26)/b17-11+. The van der Waals surface area contributed by atoms with Gasteiger partial charge in [0.2, 0.25) is 0 Å². The van der Waals surface area contributed by atoms with E-state index in [4.69, 9.17) is 4.74 Å². The number of carbonyl (C=O) groups excluding carboxylic acids is 3. The summed E-state index contributed by atoms with van der Waals surface area (Å²) in [4.78, 5) is 38.1. The number of ether oxygens (including phenoxy) is 1. The molecule has 4 amide bonds. The SMILES string of the molecule is CC(C)Oc1ccc(/C=C2\C(=O)NC(=O)N(c3ccc(Br)cc3)C2=O)cc1. The molecule has 0 aromatic heterocycles. The molecule has 1 fully saturated rings. The predicted octanol–water partition coefficient (Wildman–Crippen LogP) is 3.90. The van der Waals surface area contributed by atoms with E-state index in [1.54, 1.807) is 48.5 Å². The second-order valence-electron chi connectivity index (χ2n) is 6.17. The molecular formula is C20H17BrN2O4. The van der Waals surface area contributed by atoms with Gasteiger partial charge in [0.1, 0.15) is 11.3 Å². The summed E-state index contributed by atoms with van der Waals surface area (Å²) in [6.07, 6.45) is 1.50. The fourth-order valence-electron chi connectivity index (χ4n) is 2.56. The molecule has 3 rings (SSSR count). The van der Waals surface area contributed by atoms with Crippen LogP contribution in [0, 0.1) is 0 Å². The van der Waals surface area contributed by atoms with Crippen molar-refractivity contribution in [2.75, 3.05) is 4.90 Å². The van der Waals surface area contributed by atoms with Crippen LogP contribution in [-0.4, -0.2) is 23.9 Å². The third-order valence-electron chi connectivity index (χ3n) is 3.75. The molecule has 1 aliphatic rings. The summed E-state index contributed by atoms with van der Waals surface area (Å²) in [5.41, 5.74) is 0.907. The van der Waals surface area contributed by atoms with Crippen molar-refractivity contribution in [2.24, 2.45) is 0 Å². The number of nitrogens with zero attached hydrogens (tertiary/aromatic N) is 1. The molecule has 0 atom stereocenters. The molecule has 0 aliphatic carbocycles. The van der Waals surface area contributed by atoms with E-state index in [2.05, 4.69) is 21.2 Å². The first-order valence-electron chi connectivity index (χ1n) is 8.29. The predicted molar refractivity (Wildman–Crippen MR) is 105 cm³/mol. The summed E-state index contributed by atoms with van der Waals surface area (Å²) in [5, 5.41) is 2.20. The summed E-state index contributed by atoms with van der Waals surface area (Å²) in [6.45, 7) is 3.85. The van der Waals surface area contributed by atoms with Crippen LogP contribution in [0.5, 0.6) is 5.75 Å². The van der Waals surface area contributed by atoms with E-state index in [0.29, 0.717) is 17.0 Å². The van der Waals surface area contributed by atoms with Crippen LogP contribution in [0.1, 0.15) is 19.4 Å². The van der Waals surface area contributed by atoms with Gasteiger partial charge in [-0.2, -0.15) is 0 Å². The van der Waals surface area contributed by atoms with Crippen molar-refractivity contribution >= 4 is 45.5 Å². The van der Waals surface area contributed by atoms with Crippen LogP contribution < -0.4 is 15.0 Å². The summed E-state index contributed by atoms with van der Waals surface area (Å²) >= 11 is 3.31. The molecule has 2 aromatic rings. The van der Waals surface area contributed by atoms with Gasteiger partial charge in [0.25, 0.3) is 11.8 Å². The Balaban J connectivity index is 1.90. The van der Waals surface area contributed by atoms with Gasteiger partial charge in [0.15, 0.2) is 0 Å². The van der Waals surface area contributed by atoms with E-state index in [-0.39, 0.29) is 11.7 Å². The smallest absolute Gasteiger partial charge is 0.335 e. The molecule has 6 nitrogen and oxygen atoms in total. The van der Waals surface area contributed by atoms with Gasteiger partial charge in [-0.25, -0.2) is 9.69 Å². The van der Waals surface area contributed by atoms with Crippen LogP contribution in [-0.2, 0) is 9.59 Å². The first-order valence-corrected chi connectivity index (χ1v) is 9.08. The molecule has 0 saturated carbocycles. The first-order chi connectivity index (χ1) is 12.8. The molecule has 0 bridgehead atoms. The largest absolute Gasteiger partial charge is 0.491 e. The Bertz CT molecular complexity index is 918. The number of anilines is 1. The number of amides is 4. The average Bonchev–Trinajstić information content (AvgIpc) is 2.61. The lowest BCUT2D eigenvalue weighted by atomic mass is 10.1. The average molecular weight is 429 g/mol. The third kappa shape index (κ3) is 4.25. The summed E-state index contributed by atoms with van der Waals surface area (Å²) < 4.78 is 6.39. The van der Waals surface area contributed by atoms with Crippen molar-refractivity contribution in [3.63, 3.8) is 0 Å². The molecule has 1 N–H and O–H groups in total. The van der Waals surface area contributed by atoms with E-state index < -0.39 is 17.8 Å². The molecule has 0 spiro atoms. The number of urea groups is 1. The second kappa shape index (κ2) is 7.75. The molecule has 2 aromatic carbocycles. The first kappa shape index (κ1) is 18.8. The highest BCUT2D eigenvalue weighted by molar-refractivity contribution is 9.10. The van der Waals surface area contributed by atoms with E-state index in [1.807, 2.05) is 13.8 Å². The minimum Gasteiger partial charge on any atom is -0.491 e. The normalized spacial score (nSPS) is 16.1. The fourth-order valence-corrected chi connectivity index (χ4v) is 2.83. The Kier molecular flexibility index (Phi) is 5.41. The maximum atomic E-state index is 12.8. The minimum atomic E-state index is -0.773. The zero-order chi connectivity index (χ0) is 19.6. The van der Waals surface area contributed by atoms with E-state index >= 15 is 0 Å². The van der Waals surface area contributed by atoms with Crippen molar-refractivity contribution in [3.05, 3.63) is 64.1 Å². The molecule has 138 valence electrons. The van der Waals surface area contributed by atoms with Crippen LogP contribution >= 0.6 is 15.9 Å². The molecule has 0 radical (unpaired) electrons. The third-order valence-corrected chi connectivity index (χ3v) is 4.28. The lowest BCUT2D eigenvalue weighted by molar-refractivity contribution is -0.122. The Morgan fingerprint density at radius 1 is 1.00 bits per heavy atom. The highest BCUT2D eigenvalue weighted by atomic mass is 79.9. The lowest BCUT2D eigenvalue weighted by Gasteiger charge is -2.26. The summed E-state index contributed by atoms with van der Waals surface area (Å²) in [5.74, 6) is -0.701. The Labute approximate surface area is 164 Å². The van der Waals surface area contributed by atoms with Crippen LogP contribution in [0.3, 0.4) is 0 Å². The highest BCUT2D eigenvalue weighted by Crippen LogP contribution is 2.24. The highest BCUT2D eigenvalue weighted by Gasteiger charge is 2.36. The van der Waals surface area contributed by atoms with Gasteiger partial charge >= 0.3 is 6.03 Å². The Morgan fingerprint density at radius 3 is 2.22 bits per heavy atom. The van der Waals surface area contributed by atoms with Gasteiger partial charge in [-0.05, 0) is 61.9 Å². The van der Waals surface area contributed by atoms with Crippen LogP contribution in [0.25, 0.3) is 6.08 Å². The number of imide groups is 2. The maximum absolute atomic E-state index is 12.8. The minimum absolute atomic E-state index is 0.0467. The number of nitrogens with one attached hydrogen (secondary N) is 1.